The van der Waals surface area contributed by atoms with Crippen LogP contribution in [0.3, 0.4) is 0 Å². The first-order chi connectivity index (χ1) is 13.9. The lowest BCUT2D eigenvalue weighted by molar-refractivity contribution is -0.132. The monoisotopic (exact) mass is 401 g/mol. The van der Waals surface area contributed by atoms with E-state index in [9.17, 15) is 18.4 Å². The van der Waals surface area contributed by atoms with E-state index in [1.54, 1.807) is 4.90 Å². The zero-order valence-electron chi connectivity index (χ0n) is 16.5. The Kier molecular flexibility index (Phi) is 6.93. The maximum absolute atomic E-state index is 13.6. The maximum Gasteiger partial charge on any atom is 0.254 e. The van der Waals surface area contributed by atoms with Gasteiger partial charge in [-0.05, 0) is 30.7 Å². The molecule has 2 aromatic rings. The lowest BCUT2D eigenvalue weighted by atomic mass is 10.1. The van der Waals surface area contributed by atoms with Crippen molar-refractivity contribution in [2.75, 3.05) is 32.7 Å². The van der Waals surface area contributed by atoms with E-state index >= 15 is 0 Å². The number of carbonyl (C=O) groups is 2. The van der Waals surface area contributed by atoms with Gasteiger partial charge in [0.05, 0.1) is 0 Å². The van der Waals surface area contributed by atoms with Crippen LogP contribution in [-0.2, 0) is 11.3 Å². The molecule has 2 amide bonds. The van der Waals surface area contributed by atoms with Crippen LogP contribution >= 0.6 is 0 Å². The van der Waals surface area contributed by atoms with Gasteiger partial charge in [0.1, 0.15) is 0 Å². The van der Waals surface area contributed by atoms with E-state index in [4.69, 9.17) is 0 Å². The van der Waals surface area contributed by atoms with Crippen molar-refractivity contribution in [2.45, 2.75) is 19.9 Å². The molecule has 1 saturated heterocycles. The summed E-state index contributed by atoms with van der Waals surface area (Å²) >= 11 is 0. The van der Waals surface area contributed by atoms with Crippen molar-refractivity contribution in [3.8, 4) is 0 Å². The van der Waals surface area contributed by atoms with Gasteiger partial charge in [-0.15, -0.1) is 0 Å². The Labute approximate surface area is 169 Å². The fraction of sp³-hybridized carbons (Fsp3) is 0.364. The average Bonchev–Trinajstić information content (AvgIpc) is 2.73. The second kappa shape index (κ2) is 9.60. The summed E-state index contributed by atoms with van der Waals surface area (Å²) in [6.07, 6.45) is 0.182. The molecule has 5 nitrogen and oxygen atoms in total. The maximum atomic E-state index is 13.6. The van der Waals surface area contributed by atoms with Crippen LogP contribution in [0.5, 0.6) is 0 Å². The third-order valence-corrected chi connectivity index (χ3v) is 4.97. The molecule has 0 atom stereocenters. The zero-order chi connectivity index (χ0) is 20.8. The summed E-state index contributed by atoms with van der Waals surface area (Å²) in [7, 11) is 0. The summed E-state index contributed by atoms with van der Waals surface area (Å²) in [5.41, 5.74) is 2.03. The predicted molar refractivity (Wildman–Crippen MR) is 106 cm³/mol. The summed E-state index contributed by atoms with van der Waals surface area (Å²) in [6.45, 7) is 5.25. The van der Waals surface area contributed by atoms with Crippen molar-refractivity contribution in [3.63, 3.8) is 0 Å². The van der Waals surface area contributed by atoms with E-state index in [1.165, 1.54) is 11.0 Å². The molecule has 0 spiro atoms. The van der Waals surface area contributed by atoms with Crippen molar-refractivity contribution in [2.24, 2.45) is 0 Å². The molecule has 0 aliphatic carbocycles. The number of carbonyl (C=O) groups excluding carboxylic acids is 2. The largest absolute Gasteiger partial charge is 0.340 e. The fourth-order valence-corrected chi connectivity index (χ4v) is 3.40. The Bertz CT molecular complexity index is 882. The molecule has 1 aliphatic rings. The van der Waals surface area contributed by atoms with Gasteiger partial charge in [-0.2, -0.15) is 0 Å². The molecule has 0 aromatic heterocycles. The highest BCUT2D eigenvalue weighted by Crippen LogP contribution is 2.15. The Hall–Kier alpha value is -2.80. The average molecular weight is 401 g/mol. The van der Waals surface area contributed by atoms with Crippen LogP contribution in [0.25, 0.3) is 0 Å². The number of halogens is 2. The van der Waals surface area contributed by atoms with Gasteiger partial charge in [0.15, 0.2) is 11.6 Å². The highest BCUT2D eigenvalue weighted by molar-refractivity contribution is 5.94. The summed E-state index contributed by atoms with van der Waals surface area (Å²) < 4.78 is 26.9. The molecule has 7 heteroatoms. The van der Waals surface area contributed by atoms with Gasteiger partial charge in [0.25, 0.3) is 5.91 Å². The number of nitrogens with one attached hydrogen (secondary N) is 1. The van der Waals surface area contributed by atoms with Gasteiger partial charge in [-0.1, -0.05) is 29.8 Å². The van der Waals surface area contributed by atoms with E-state index < -0.39 is 17.5 Å². The Morgan fingerprint density at radius 1 is 1.07 bits per heavy atom. The Morgan fingerprint density at radius 3 is 2.52 bits per heavy atom. The normalized spacial score (nSPS) is 14.0. The smallest absolute Gasteiger partial charge is 0.254 e. The molecule has 2 aromatic carbocycles. The van der Waals surface area contributed by atoms with E-state index in [2.05, 4.69) is 5.32 Å². The molecule has 1 fully saturated rings. The third kappa shape index (κ3) is 5.60. The van der Waals surface area contributed by atoms with E-state index in [-0.39, 0.29) is 31.0 Å². The second-order valence-corrected chi connectivity index (χ2v) is 7.23. The fourth-order valence-electron chi connectivity index (χ4n) is 3.40. The van der Waals surface area contributed by atoms with Crippen LogP contribution in [0.1, 0.15) is 27.9 Å². The molecule has 3 rings (SSSR count). The first-order valence-corrected chi connectivity index (χ1v) is 9.72. The van der Waals surface area contributed by atoms with Crippen molar-refractivity contribution in [1.82, 2.24) is 15.1 Å². The van der Waals surface area contributed by atoms with Gasteiger partial charge in [-0.25, -0.2) is 8.78 Å². The first-order valence-electron chi connectivity index (χ1n) is 9.72. The molecule has 0 saturated carbocycles. The lowest BCUT2D eigenvalue weighted by Crippen LogP contribution is -2.47. The van der Waals surface area contributed by atoms with Crippen molar-refractivity contribution >= 4 is 11.8 Å². The quantitative estimate of drug-likeness (QED) is 0.810. The van der Waals surface area contributed by atoms with Crippen LogP contribution in [0.15, 0.2) is 42.5 Å². The number of rotatable bonds is 6. The van der Waals surface area contributed by atoms with E-state index in [0.29, 0.717) is 13.1 Å². The number of aryl methyl sites for hydroxylation is 1. The number of hydrogen-bond acceptors (Lipinski definition) is 3. The van der Waals surface area contributed by atoms with Crippen LogP contribution in [0, 0.1) is 18.6 Å². The van der Waals surface area contributed by atoms with E-state index in [1.807, 2.05) is 31.2 Å². The highest BCUT2D eigenvalue weighted by Gasteiger charge is 2.21. The predicted octanol–water partition coefficient (Wildman–Crippen LogP) is 2.74. The molecule has 0 unspecified atom stereocenters. The Morgan fingerprint density at radius 2 is 1.83 bits per heavy atom. The van der Waals surface area contributed by atoms with Crippen LogP contribution in [0.2, 0.25) is 0 Å². The minimum atomic E-state index is -1.07. The molecule has 154 valence electrons. The number of amides is 2. The SMILES string of the molecule is Cc1cccc(CN(CCC(=O)N2CCNCC2)C(=O)c2ccc(F)c(F)c2)c1. The first kappa shape index (κ1) is 20.9. The minimum absolute atomic E-state index is 0.0150. The highest BCUT2D eigenvalue weighted by atomic mass is 19.2. The van der Waals surface area contributed by atoms with Crippen LogP contribution in [-0.4, -0.2) is 54.3 Å². The number of benzene rings is 2. The second-order valence-electron chi connectivity index (χ2n) is 7.23. The topological polar surface area (TPSA) is 52.7 Å². The van der Waals surface area contributed by atoms with Crippen molar-refractivity contribution in [1.29, 1.82) is 0 Å². The Balaban J connectivity index is 1.75. The standard InChI is InChI=1S/C22H25F2N3O2/c1-16-3-2-4-17(13-16)15-27(10-7-21(28)26-11-8-25-9-12-26)22(29)18-5-6-19(23)20(24)14-18/h2-6,13-14,25H,7-12,15H2,1H3. The summed E-state index contributed by atoms with van der Waals surface area (Å²) in [4.78, 5) is 28.8. The van der Waals surface area contributed by atoms with Crippen LogP contribution in [0.4, 0.5) is 8.78 Å². The van der Waals surface area contributed by atoms with Gasteiger partial charge < -0.3 is 15.1 Å². The molecule has 1 aliphatic heterocycles. The van der Waals surface area contributed by atoms with Gasteiger partial charge in [-0.3, -0.25) is 9.59 Å². The molecular weight excluding hydrogens is 376 g/mol. The molecular formula is C22H25F2N3O2. The number of nitrogens with zero attached hydrogens (tertiary/aromatic N) is 2. The molecule has 29 heavy (non-hydrogen) atoms. The minimum Gasteiger partial charge on any atom is -0.340 e. The molecule has 1 N–H and O–H groups in total. The summed E-state index contributed by atoms with van der Waals surface area (Å²) in [6, 6.07) is 10.8. The van der Waals surface area contributed by atoms with Gasteiger partial charge >= 0.3 is 0 Å². The molecule has 0 radical (unpaired) electrons. The lowest BCUT2D eigenvalue weighted by Gasteiger charge is -2.29. The van der Waals surface area contributed by atoms with Gasteiger partial charge in [0.2, 0.25) is 5.91 Å². The summed E-state index contributed by atoms with van der Waals surface area (Å²) in [5, 5.41) is 3.20. The van der Waals surface area contributed by atoms with E-state index in [0.717, 1.165) is 36.3 Å². The van der Waals surface area contributed by atoms with Crippen LogP contribution < -0.4 is 5.32 Å². The molecule has 0 bridgehead atoms. The zero-order valence-corrected chi connectivity index (χ0v) is 16.5. The van der Waals surface area contributed by atoms with Gasteiger partial charge in [0, 0.05) is 51.3 Å². The number of piperazine rings is 1. The molecule has 1 heterocycles. The third-order valence-electron chi connectivity index (χ3n) is 4.97. The number of hydrogen-bond donors (Lipinski definition) is 1. The van der Waals surface area contributed by atoms with Crippen molar-refractivity contribution in [3.05, 3.63) is 70.8 Å². The summed E-state index contributed by atoms with van der Waals surface area (Å²) in [5.74, 6) is -2.51. The van der Waals surface area contributed by atoms with Crippen molar-refractivity contribution < 1.29 is 18.4 Å².